The number of carbonyl (C=O) groups is 2. The highest BCUT2D eigenvalue weighted by Crippen LogP contribution is 2.25. The second kappa shape index (κ2) is 8.36. The molecule has 0 radical (unpaired) electrons. The van der Waals surface area contributed by atoms with Crippen LogP contribution in [0.25, 0.3) is 10.8 Å². The Kier molecular flexibility index (Phi) is 5.45. The van der Waals surface area contributed by atoms with E-state index < -0.39 is 17.6 Å². The Balaban J connectivity index is 1.74. The summed E-state index contributed by atoms with van der Waals surface area (Å²) in [6.07, 6.45) is -1.15. The molecule has 0 spiro atoms. The molecule has 0 fully saturated rings. The minimum absolute atomic E-state index is 0.0518. The van der Waals surface area contributed by atoms with Crippen LogP contribution in [0.2, 0.25) is 0 Å². The molecule has 1 heterocycles. The maximum atomic E-state index is 13.3. The predicted octanol–water partition coefficient (Wildman–Crippen LogP) is 4.32. The Hall–Kier alpha value is -4.06. The molecular formula is C25H20N2O4. The molecule has 0 saturated heterocycles. The van der Waals surface area contributed by atoms with Gasteiger partial charge in [0.25, 0.3) is 5.56 Å². The van der Waals surface area contributed by atoms with Crippen LogP contribution in [-0.2, 0) is 4.74 Å². The fourth-order valence-electron chi connectivity index (χ4n) is 3.32. The number of carbonyl (C=O) groups excluding carboxylic acids is 2. The van der Waals surface area contributed by atoms with Gasteiger partial charge in [-0.3, -0.25) is 9.59 Å². The topological polar surface area (TPSA) is 89.1 Å². The molecule has 1 unspecified atom stereocenters. The van der Waals surface area contributed by atoms with E-state index in [1.807, 2.05) is 38.1 Å². The molecule has 3 aromatic carbocycles. The number of ketones is 1. The zero-order chi connectivity index (χ0) is 22.0. The average molecular weight is 412 g/mol. The lowest BCUT2D eigenvalue weighted by Crippen LogP contribution is -2.22. The highest BCUT2D eigenvalue weighted by molar-refractivity contribution is 6.05. The molecule has 0 aliphatic heterocycles. The number of benzene rings is 3. The maximum absolute atomic E-state index is 13.3. The summed E-state index contributed by atoms with van der Waals surface area (Å²) in [4.78, 5) is 38.3. The SMILES string of the molecule is Cc1ccc(C(=O)C(OC(=O)c2n[nH]c(=O)c3ccccc23)c2ccc(C)cc2)cc1. The third-order valence-corrected chi connectivity index (χ3v) is 5.07. The number of Topliss-reactive ketones (excluding diaryl/α,β-unsaturated/α-hetero) is 1. The van der Waals surface area contributed by atoms with Crippen molar-refractivity contribution in [3.63, 3.8) is 0 Å². The van der Waals surface area contributed by atoms with Crippen LogP contribution in [0.3, 0.4) is 0 Å². The van der Waals surface area contributed by atoms with E-state index in [4.69, 9.17) is 4.74 Å². The van der Waals surface area contributed by atoms with E-state index in [1.54, 1.807) is 48.5 Å². The quantitative estimate of drug-likeness (QED) is 0.389. The number of ether oxygens (including phenoxy) is 1. The van der Waals surface area contributed by atoms with Crippen LogP contribution in [0.1, 0.15) is 43.6 Å². The van der Waals surface area contributed by atoms with Gasteiger partial charge in [0.05, 0.1) is 5.39 Å². The normalized spacial score (nSPS) is 11.8. The summed E-state index contributed by atoms with van der Waals surface area (Å²) in [7, 11) is 0. The second-order valence-electron chi connectivity index (χ2n) is 7.37. The van der Waals surface area contributed by atoms with Crippen LogP contribution >= 0.6 is 0 Å². The third-order valence-electron chi connectivity index (χ3n) is 5.07. The fourth-order valence-corrected chi connectivity index (χ4v) is 3.32. The van der Waals surface area contributed by atoms with Crippen molar-refractivity contribution in [1.82, 2.24) is 10.2 Å². The van der Waals surface area contributed by atoms with E-state index in [9.17, 15) is 14.4 Å². The molecule has 1 atom stereocenters. The van der Waals surface area contributed by atoms with Gasteiger partial charge in [-0.2, -0.15) is 5.10 Å². The van der Waals surface area contributed by atoms with E-state index in [2.05, 4.69) is 10.2 Å². The molecule has 154 valence electrons. The van der Waals surface area contributed by atoms with E-state index in [0.717, 1.165) is 11.1 Å². The first-order valence-electron chi connectivity index (χ1n) is 9.80. The molecule has 6 nitrogen and oxygen atoms in total. The molecule has 6 heteroatoms. The van der Waals surface area contributed by atoms with Gasteiger partial charge in [-0.25, -0.2) is 9.89 Å². The molecular weight excluding hydrogens is 392 g/mol. The van der Waals surface area contributed by atoms with Crippen molar-refractivity contribution >= 4 is 22.5 Å². The largest absolute Gasteiger partial charge is 0.444 e. The predicted molar refractivity (Wildman–Crippen MR) is 117 cm³/mol. The minimum Gasteiger partial charge on any atom is -0.444 e. The summed E-state index contributed by atoms with van der Waals surface area (Å²) in [5, 5.41) is 6.89. The van der Waals surface area contributed by atoms with Crippen molar-refractivity contribution in [2.24, 2.45) is 0 Å². The summed E-state index contributed by atoms with van der Waals surface area (Å²) >= 11 is 0. The lowest BCUT2D eigenvalue weighted by molar-refractivity contribution is 0.0275. The highest BCUT2D eigenvalue weighted by Gasteiger charge is 2.28. The number of rotatable bonds is 5. The monoisotopic (exact) mass is 412 g/mol. The maximum Gasteiger partial charge on any atom is 0.360 e. The van der Waals surface area contributed by atoms with Crippen molar-refractivity contribution in [2.45, 2.75) is 20.0 Å². The zero-order valence-corrected chi connectivity index (χ0v) is 17.1. The molecule has 1 aromatic heterocycles. The number of aromatic amines is 1. The Morgan fingerprint density at radius 2 is 1.42 bits per heavy atom. The van der Waals surface area contributed by atoms with Gasteiger partial charge in [0.15, 0.2) is 11.8 Å². The molecule has 0 aliphatic rings. The van der Waals surface area contributed by atoms with E-state index >= 15 is 0 Å². The summed E-state index contributed by atoms with van der Waals surface area (Å²) < 4.78 is 5.68. The number of hydrogen-bond acceptors (Lipinski definition) is 5. The van der Waals surface area contributed by atoms with Gasteiger partial charge in [-0.1, -0.05) is 77.9 Å². The Bertz CT molecular complexity index is 1320. The van der Waals surface area contributed by atoms with Crippen molar-refractivity contribution in [2.75, 3.05) is 0 Å². The Morgan fingerprint density at radius 3 is 2.06 bits per heavy atom. The van der Waals surface area contributed by atoms with Gasteiger partial charge >= 0.3 is 5.97 Å². The van der Waals surface area contributed by atoms with Gasteiger partial charge < -0.3 is 4.74 Å². The number of aryl methyl sites for hydroxylation is 2. The van der Waals surface area contributed by atoms with Crippen LogP contribution in [0.4, 0.5) is 0 Å². The number of fused-ring (bicyclic) bond motifs is 1. The molecule has 31 heavy (non-hydrogen) atoms. The van der Waals surface area contributed by atoms with Gasteiger partial charge in [0.1, 0.15) is 0 Å². The first-order valence-corrected chi connectivity index (χ1v) is 9.80. The van der Waals surface area contributed by atoms with Crippen molar-refractivity contribution in [1.29, 1.82) is 0 Å². The number of nitrogens with one attached hydrogen (secondary N) is 1. The van der Waals surface area contributed by atoms with E-state index in [-0.39, 0.29) is 11.5 Å². The number of esters is 1. The summed E-state index contributed by atoms with van der Waals surface area (Å²) in [6, 6.07) is 20.9. The van der Waals surface area contributed by atoms with Crippen molar-refractivity contribution < 1.29 is 14.3 Å². The molecule has 0 amide bonds. The van der Waals surface area contributed by atoms with Crippen molar-refractivity contribution in [3.05, 3.63) is 111 Å². The molecule has 0 saturated carbocycles. The molecule has 0 bridgehead atoms. The highest BCUT2D eigenvalue weighted by atomic mass is 16.5. The van der Waals surface area contributed by atoms with Crippen LogP contribution in [0.15, 0.2) is 77.6 Å². The molecule has 4 rings (SSSR count). The van der Waals surface area contributed by atoms with Gasteiger partial charge in [0.2, 0.25) is 5.78 Å². The standard InChI is InChI=1S/C25H20N2O4/c1-15-7-11-17(12-8-15)22(28)23(18-13-9-16(2)10-14-18)31-25(30)21-19-5-3-4-6-20(19)24(29)27-26-21/h3-14,23H,1-2H3,(H,27,29). The van der Waals surface area contributed by atoms with Crippen LogP contribution in [-0.4, -0.2) is 21.9 Å². The third kappa shape index (κ3) is 4.14. The zero-order valence-electron chi connectivity index (χ0n) is 17.1. The minimum atomic E-state index is -1.15. The lowest BCUT2D eigenvalue weighted by atomic mass is 9.98. The number of nitrogens with zero attached hydrogens (tertiary/aromatic N) is 1. The fraction of sp³-hybridized carbons (Fsp3) is 0.120. The van der Waals surface area contributed by atoms with Gasteiger partial charge in [0, 0.05) is 16.5 Å². The first kappa shape index (κ1) is 20.2. The van der Waals surface area contributed by atoms with Crippen LogP contribution < -0.4 is 5.56 Å². The van der Waals surface area contributed by atoms with Gasteiger partial charge in [-0.15, -0.1) is 0 Å². The summed E-state index contributed by atoms with van der Waals surface area (Å²) in [6.45, 7) is 3.86. The van der Waals surface area contributed by atoms with E-state index in [0.29, 0.717) is 21.9 Å². The van der Waals surface area contributed by atoms with Crippen LogP contribution in [0, 0.1) is 13.8 Å². The van der Waals surface area contributed by atoms with E-state index in [1.165, 1.54) is 0 Å². The first-order chi connectivity index (χ1) is 14.9. The average Bonchev–Trinajstić information content (AvgIpc) is 2.78. The number of H-pyrrole nitrogens is 1. The lowest BCUT2D eigenvalue weighted by Gasteiger charge is -2.18. The number of aromatic nitrogens is 2. The Labute approximate surface area is 178 Å². The van der Waals surface area contributed by atoms with Crippen molar-refractivity contribution in [3.8, 4) is 0 Å². The molecule has 0 aliphatic carbocycles. The van der Waals surface area contributed by atoms with Gasteiger partial charge in [-0.05, 0) is 19.9 Å². The van der Waals surface area contributed by atoms with Crippen LogP contribution in [0.5, 0.6) is 0 Å². The summed E-state index contributed by atoms with van der Waals surface area (Å²) in [5.41, 5.74) is 2.57. The number of hydrogen-bond donors (Lipinski definition) is 1. The smallest absolute Gasteiger partial charge is 0.360 e. The summed E-state index contributed by atoms with van der Waals surface area (Å²) in [5.74, 6) is -1.13. The Morgan fingerprint density at radius 1 is 0.839 bits per heavy atom. The second-order valence-corrected chi connectivity index (χ2v) is 7.37. The molecule has 4 aromatic rings. The molecule has 1 N–H and O–H groups in total.